The number of likely N-dealkylation sites (tertiary alicyclic amines) is 1. The molecule has 0 aliphatic carbocycles. The third-order valence-corrected chi connectivity index (χ3v) is 4.25. The van der Waals surface area contributed by atoms with E-state index in [0.717, 1.165) is 13.1 Å². The van der Waals surface area contributed by atoms with Crippen molar-refractivity contribution in [1.82, 2.24) is 14.9 Å². The lowest BCUT2D eigenvalue weighted by Gasteiger charge is -2.43. The highest BCUT2D eigenvalue weighted by Crippen LogP contribution is 2.35. The van der Waals surface area contributed by atoms with Crippen molar-refractivity contribution in [1.29, 1.82) is 0 Å². The number of aliphatic hydroxyl groups is 1. The summed E-state index contributed by atoms with van der Waals surface area (Å²) in [5.74, 6) is 0.686. The van der Waals surface area contributed by atoms with Crippen LogP contribution in [0.5, 0.6) is 11.8 Å². The molecule has 1 fully saturated rings. The topological polar surface area (TPSA) is 67.7 Å². The second-order valence-corrected chi connectivity index (χ2v) is 5.91. The molecule has 1 aromatic heterocycles. The van der Waals surface area contributed by atoms with Crippen LogP contribution in [0.25, 0.3) is 0 Å². The number of rotatable bonds is 5. The summed E-state index contributed by atoms with van der Waals surface area (Å²) in [5, 5.41) is 10.8. The zero-order valence-electron chi connectivity index (χ0n) is 13.3. The Morgan fingerprint density at radius 3 is 2.43 bits per heavy atom. The van der Waals surface area contributed by atoms with E-state index in [1.165, 1.54) is 39.7 Å². The molecule has 1 N–H and O–H groups in total. The first-order chi connectivity index (χ1) is 10.0. The predicted molar refractivity (Wildman–Crippen MR) is 79.6 cm³/mol. The molecular weight excluding hydrogens is 270 g/mol. The summed E-state index contributed by atoms with van der Waals surface area (Å²) in [4.78, 5) is 10.8. The molecule has 1 atom stereocenters. The van der Waals surface area contributed by atoms with Gasteiger partial charge in [-0.25, -0.2) is 4.98 Å². The Balaban J connectivity index is 2.27. The maximum atomic E-state index is 10.8. The number of hydrogen-bond acceptors (Lipinski definition) is 6. The number of ether oxygens (including phenoxy) is 2. The summed E-state index contributed by atoms with van der Waals surface area (Å²) in [6.07, 6.45) is 4.33. The van der Waals surface area contributed by atoms with Gasteiger partial charge in [-0.05, 0) is 39.8 Å². The molecule has 6 heteroatoms. The predicted octanol–water partition coefficient (Wildman–Crippen LogP) is 1.79. The van der Waals surface area contributed by atoms with Crippen LogP contribution in [0.3, 0.4) is 0 Å². The van der Waals surface area contributed by atoms with Gasteiger partial charge in [0.2, 0.25) is 11.8 Å². The van der Waals surface area contributed by atoms with Crippen LogP contribution in [-0.4, -0.2) is 52.8 Å². The summed E-state index contributed by atoms with van der Waals surface area (Å²) in [5.41, 5.74) is 0.0330. The van der Waals surface area contributed by atoms with E-state index in [-0.39, 0.29) is 0 Å². The molecule has 1 aromatic rings. The minimum Gasteiger partial charge on any atom is -0.480 e. The molecule has 1 saturated heterocycles. The SMILES string of the molecule is COc1cnc(C(O)C(C)(C)N2CCCCC2)c(OC)n1. The third kappa shape index (κ3) is 3.27. The van der Waals surface area contributed by atoms with Crippen LogP contribution in [0.1, 0.15) is 44.9 Å². The van der Waals surface area contributed by atoms with Crippen LogP contribution in [0.4, 0.5) is 0 Å². The number of aromatic nitrogens is 2. The van der Waals surface area contributed by atoms with Gasteiger partial charge in [-0.3, -0.25) is 4.90 Å². The van der Waals surface area contributed by atoms with Crippen molar-refractivity contribution in [2.45, 2.75) is 44.8 Å². The highest BCUT2D eigenvalue weighted by molar-refractivity contribution is 5.26. The van der Waals surface area contributed by atoms with Gasteiger partial charge in [0.05, 0.1) is 20.4 Å². The van der Waals surface area contributed by atoms with Crippen LogP contribution in [0, 0.1) is 0 Å². The highest BCUT2D eigenvalue weighted by atomic mass is 16.5. The van der Waals surface area contributed by atoms with Crippen LogP contribution in [-0.2, 0) is 0 Å². The Labute approximate surface area is 126 Å². The van der Waals surface area contributed by atoms with Gasteiger partial charge in [-0.1, -0.05) is 6.42 Å². The number of hydrogen-bond donors (Lipinski definition) is 1. The van der Waals surface area contributed by atoms with E-state index < -0.39 is 11.6 Å². The van der Waals surface area contributed by atoms with E-state index in [2.05, 4.69) is 14.9 Å². The van der Waals surface area contributed by atoms with E-state index in [1.54, 1.807) is 0 Å². The fourth-order valence-electron chi connectivity index (χ4n) is 2.78. The van der Waals surface area contributed by atoms with Gasteiger partial charge >= 0.3 is 0 Å². The summed E-state index contributed by atoms with van der Waals surface area (Å²) in [6, 6.07) is 0. The molecule has 1 aliphatic heterocycles. The molecule has 1 aliphatic rings. The molecule has 0 saturated carbocycles. The monoisotopic (exact) mass is 295 g/mol. The minimum atomic E-state index is -0.774. The molecule has 0 aromatic carbocycles. The normalized spacial score (nSPS) is 18.3. The van der Waals surface area contributed by atoms with Gasteiger partial charge in [-0.15, -0.1) is 0 Å². The number of aliphatic hydroxyl groups excluding tert-OH is 1. The van der Waals surface area contributed by atoms with Gasteiger partial charge < -0.3 is 14.6 Å². The smallest absolute Gasteiger partial charge is 0.241 e. The van der Waals surface area contributed by atoms with Gasteiger partial charge in [0.15, 0.2) is 0 Å². The maximum absolute atomic E-state index is 10.8. The van der Waals surface area contributed by atoms with Gasteiger partial charge in [-0.2, -0.15) is 4.98 Å². The lowest BCUT2D eigenvalue weighted by atomic mass is 9.90. The summed E-state index contributed by atoms with van der Waals surface area (Å²) in [7, 11) is 3.05. The van der Waals surface area contributed by atoms with E-state index in [0.29, 0.717) is 17.5 Å². The second kappa shape index (κ2) is 6.58. The van der Waals surface area contributed by atoms with E-state index in [4.69, 9.17) is 9.47 Å². The summed E-state index contributed by atoms with van der Waals surface area (Å²) in [6.45, 7) is 6.06. The first-order valence-corrected chi connectivity index (χ1v) is 7.38. The Kier molecular flexibility index (Phi) is 5.00. The van der Waals surface area contributed by atoms with Crippen LogP contribution in [0.15, 0.2) is 6.20 Å². The molecule has 1 unspecified atom stereocenters. The van der Waals surface area contributed by atoms with Crippen molar-refractivity contribution < 1.29 is 14.6 Å². The molecule has 0 amide bonds. The molecule has 0 bridgehead atoms. The lowest BCUT2D eigenvalue weighted by Crippen LogP contribution is -2.50. The average molecular weight is 295 g/mol. The lowest BCUT2D eigenvalue weighted by molar-refractivity contribution is -0.0244. The first kappa shape index (κ1) is 16.0. The second-order valence-electron chi connectivity index (χ2n) is 5.91. The Bertz CT molecular complexity index is 473. The molecule has 118 valence electrons. The fraction of sp³-hybridized carbons (Fsp3) is 0.733. The Morgan fingerprint density at radius 1 is 1.19 bits per heavy atom. The van der Waals surface area contributed by atoms with Crippen LogP contribution < -0.4 is 9.47 Å². The quantitative estimate of drug-likeness (QED) is 0.893. The highest BCUT2D eigenvalue weighted by Gasteiger charge is 2.38. The molecule has 0 radical (unpaired) electrons. The van der Waals surface area contributed by atoms with Crippen LogP contribution >= 0.6 is 0 Å². The average Bonchev–Trinajstić information content (AvgIpc) is 2.54. The number of nitrogens with zero attached hydrogens (tertiary/aromatic N) is 3. The van der Waals surface area contributed by atoms with Crippen molar-refractivity contribution in [3.05, 3.63) is 11.9 Å². The molecule has 6 nitrogen and oxygen atoms in total. The standard InChI is InChI=1S/C15H25N3O3/c1-15(2,18-8-6-5-7-9-18)13(19)12-14(21-4)17-11(20-3)10-16-12/h10,13,19H,5-9H2,1-4H3. The molecular formula is C15H25N3O3. The van der Waals surface area contributed by atoms with E-state index in [1.807, 2.05) is 13.8 Å². The van der Waals surface area contributed by atoms with Gasteiger partial charge in [0.1, 0.15) is 11.8 Å². The van der Waals surface area contributed by atoms with Gasteiger partial charge in [0.25, 0.3) is 0 Å². The fourth-order valence-corrected chi connectivity index (χ4v) is 2.78. The Hall–Kier alpha value is -1.40. The Morgan fingerprint density at radius 2 is 1.86 bits per heavy atom. The number of methoxy groups -OCH3 is 2. The summed E-state index contributed by atoms with van der Waals surface area (Å²) < 4.78 is 10.3. The molecule has 21 heavy (non-hydrogen) atoms. The summed E-state index contributed by atoms with van der Waals surface area (Å²) >= 11 is 0. The van der Waals surface area contributed by atoms with Crippen LogP contribution in [0.2, 0.25) is 0 Å². The zero-order chi connectivity index (χ0) is 15.5. The van der Waals surface area contributed by atoms with Crippen molar-refractivity contribution in [3.63, 3.8) is 0 Å². The molecule has 2 heterocycles. The van der Waals surface area contributed by atoms with Crippen molar-refractivity contribution >= 4 is 0 Å². The first-order valence-electron chi connectivity index (χ1n) is 7.38. The number of piperidine rings is 1. The largest absolute Gasteiger partial charge is 0.480 e. The molecule has 2 rings (SSSR count). The minimum absolute atomic E-state index is 0.312. The zero-order valence-corrected chi connectivity index (χ0v) is 13.3. The maximum Gasteiger partial charge on any atom is 0.241 e. The van der Waals surface area contributed by atoms with Crippen molar-refractivity contribution in [2.24, 2.45) is 0 Å². The molecule has 0 spiro atoms. The van der Waals surface area contributed by atoms with Gasteiger partial charge in [0, 0.05) is 5.54 Å². The van der Waals surface area contributed by atoms with E-state index >= 15 is 0 Å². The van der Waals surface area contributed by atoms with Crippen molar-refractivity contribution in [2.75, 3.05) is 27.3 Å². The third-order valence-electron chi connectivity index (χ3n) is 4.25. The van der Waals surface area contributed by atoms with E-state index in [9.17, 15) is 5.11 Å². The van der Waals surface area contributed by atoms with Crippen molar-refractivity contribution in [3.8, 4) is 11.8 Å².